The van der Waals surface area contributed by atoms with Crippen molar-refractivity contribution in [2.24, 2.45) is 0 Å². The van der Waals surface area contributed by atoms with E-state index >= 15 is 0 Å². The molecule has 3 aromatic rings. The minimum absolute atomic E-state index is 0.0799. The molecule has 180 valence electrons. The van der Waals surface area contributed by atoms with E-state index < -0.39 is 15.9 Å². The lowest BCUT2D eigenvalue weighted by Crippen LogP contribution is -2.30. The van der Waals surface area contributed by atoms with Crippen molar-refractivity contribution in [2.45, 2.75) is 32.3 Å². The van der Waals surface area contributed by atoms with Crippen molar-refractivity contribution in [1.82, 2.24) is 4.31 Å². The number of sulfonamides is 1. The average Bonchev–Trinajstić information content (AvgIpc) is 2.83. The first-order valence-electron chi connectivity index (χ1n) is 11.1. The SMILES string of the molecule is CCN(CC)S(=O)(=O)c1ccc(OC)c(NC(=O)c2ccccc2OCc2cccc(C)c2)c1. The second-order valence-corrected chi connectivity index (χ2v) is 9.62. The summed E-state index contributed by atoms with van der Waals surface area (Å²) < 4.78 is 38.6. The van der Waals surface area contributed by atoms with E-state index in [9.17, 15) is 13.2 Å². The number of hydrogen-bond acceptors (Lipinski definition) is 5. The summed E-state index contributed by atoms with van der Waals surface area (Å²) in [5.74, 6) is 0.341. The molecular weight excluding hydrogens is 452 g/mol. The van der Waals surface area contributed by atoms with Crippen LogP contribution in [0, 0.1) is 6.92 Å². The summed E-state index contributed by atoms with van der Waals surface area (Å²) in [6.07, 6.45) is 0. The van der Waals surface area contributed by atoms with E-state index in [4.69, 9.17) is 9.47 Å². The average molecular weight is 483 g/mol. The second-order valence-electron chi connectivity index (χ2n) is 7.68. The third-order valence-electron chi connectivity index (χ3n) is 5.37. The fraction of sp³-hybridized carbons (Fsp3) is 0.269. The first-order valence-corrected chi connectivity index (χ1v) is 12.5. The molecule has 0 unspecified atom stereocenters. The smallest absolute Gasteiger partial charge is 0.259 e. The number of carbonyl (C=O) groups is 1. The van der Waals surface area contributed by atoms with Gasteiger partial charge in [-0.2, -0.15) is 4.31 Å². The molecule has 3 rings (SSSR count). The number of aryl methyl sites for hydroxylation is 1. The van der Waals surface area contributed by atoms with Gasteiger partial charge < -0.3 is 14.8 Å². The Morgan fingerprint density at radius 1 is 0.941 bits per heavy atom. The van der Waals surface area contributed by atoms with Gasteiger partial charge >= 0.3 is 0 Å². The van der Waals surface area contributed by atoms with Gasteiger partial charge in [-0.3, -0.25) is 4.79 Å². The third-order valence-corrected chi connectivity index (χ3v) is 7.42. The Morgan fingerprint density at radius 3 is 2.35 bits per heavy atom. The fourth-order valence-electron chi connectivity index (χ4n) is 3.59. The molecule has 8 heteroatoms. The number of benzene rings is 3. The van der Waals surface area contributed by atoms with E-state index in [1.54, 1.807) is 38.1 Å². The Balaban J connectivity index is 1.87. The molecule has 0 fully saturated rings. The Bertz CT molecular complexity index is 1250. The van der Waals surface area contributed by atoms with Crippen LogP contribution in [-0.2, 0) is 16.6 Å². The number of hydrogen-bond donors (Lipinski definition) is 1. The highest BCUT2D eigenvalue weighted by Crippen LogP contribution is 2.30. The molecule has 0 heterocycles. The number of nitrogens with zero attached hydrogens (tertiary/aromatic N) is 1. The molecule has 0 saturated carbocycles. The molecule has 0 radical (unpaired) electrons. The minimum Gasteiger partial charge on any atom is -0.495 e. The molecule has 0 saturated heterocycles. The van der Waals surface area contributed by atoms with Crippen LogP contribution in [0.2, 0.25) is 0 Å². The van der Waals surface area contributed by atoms with Crippen LogP contribution in [0.3, 0.4) is 0 Å². The highest BCUT2D eigenvalue weighted by molar-refractivity contribution is 7.89. The Labute approximate surface area is 201 Å². The summed E-state index contributed by atoms with van der Waals surface area (Å²) in [6, 6.07) is 19.3. The molecule has 3 aromatic carbocycles. The summed E-state index contributed by atoms with van der Waals surface area (Å²) in [4.78, 5) is 13.2. The van der Waals surface area contributed by atoms with Gasteiger partial charge in [0.15, 0.2) is 0 Å². The number of methoxy groups -OCH3 is 1. The maximum Gasteiger partial charge on any atom is 0.259 e. The van der Waals surface area contributed by atoms with Crippen molar-refractivity contribution in [3.8, 4) is 11.5 Å². The normalized spacial score (nSPS) is 11.3. The molecule has 0 aromatic heterocycles. The van der Waals surface area contributed by atoms with E-state index in [0.29, 0.717) is 36.8 Å². The van der Waals surface area contributed by atoms with Crippen LogP contribution in [0.5, 0.6) is 11.5 Å². The lowest BCUT2D eigenvalue weighted by Gasteiger charge is -2.20. The molecule has 7 nitrogen and oxygen atoms in total. The molecule has 0 spiro atoms. The zero-order valence-electron chi connectivity index (χ0n) is 19.9. The topological polar surface area (TPSA) is 84.9 Å². The van der Waals surface area contributed by atoms with Gasteiger partial charge in [-0.15, -0.1) is 0 Å². The van der Waals surface area contributed by atoms with Crippen molar-refractivity contribution in [1.29, 1.82) is 0 Å². The zero-order valence-corrected chi connectivity index (χ0v) is 20.7. The largest absolute Gasteiger partial charge is 0.495 e. The first kappa shape index (κ1) is 25.3. The van der Waals surface area contributed by atoms with Crippen molar-refractivity contribution < 1.29 is 22.7 Å². The maximum absolute atomic E-state index is 13.2. The quantitative estimate of drug-likeness (QED) is 0.446. The Hall–Kier alpha value is -3.36. The van der Waals surface area contributed by atoms with Crippen molar-refractivity contribution in [3.05, 3.63) is 83.4 Å². The van der Waals surface area contributed by atoms with E-state index in [1.165, 1.54) is 29.6 Å². The van der Waals surface area contributed by atoms with Crippen LogP contribution in [0.4, 0.5) is 5.69 Å². The number of ether oxygens (including phenoxy) is 2. The Morgan fingerprint density at radius 2 is 1.68 bits per heavy atom. The second kappa shape index (κ2) is 11.2. The van der Waals surface area contributed by atoms with Crippen LogP contribution >= 0.6 is 0 Å². The maximum atomic E-state index is 13.2. The van der Waals surface area contributed by atoms with Crippen molar-refractivity contribution >= 4 is 21.6 Å². The monoisotopic (exact) mass is 482 g/mol. The van der Waals surface area contributed by atoms with Gasteiger partial charge in [0.25, 0.3) is 5.91 Å². The summed E-state index contributed by atoms with van der Waals surface area (Å²) in [6.45, 7) is 6.57. The molecule has 0 aliphatic carbocycles. The van der Waals surface area contributed by atoms with Crippen molar-refractivity contribution in [2.75, 3.05) is 25.5 Å². The molecule has 0 aliphatic rings. The predicted molar refractivity (Wildman–Crippen MR) is 133 cm³/mol. The third kappa shape index (κ3) is 5.76. The van der Waals surface area contributed by atoms with E-state index in [2.05, 4.69) is 5.32 Å². The number of para-hydroxylation sites is 1. The molecule has 1 N–H and O–H groups in total. The molecule has 0 atom stereocenters. The van der Waals surface area contributed by atoms with Gasteiger partial charge in [0.05, 0.1) is 23.3 Å². The van der Waals surface area contributed by atoms with Gasteiger partial charge in [0.1, 0.15) is 18.1 Å². The minimum atomic E-state index is -3.70. The van der Waals surface area contributed by atoms with Crippen LogP contribution in [0.15, 0.2) is 71.6 Å². The number of rotatable bonds is 10. The molecule has 0 aliphatic heterocycles. The summed E-state index contributed by atoms with van der Waals surface area (Å²) in [7, 11) is -2.24. The van der Waals surface area contributed by atoms with Gasteiger partial charge in [0.2, 0.25) is 10.0 Å². The van der Waals surface area contributed by atoms with E-state index in [-0.39, 0.29) is 10.6 Å². The lowest BCUT2D eigenvalue weighted by atomic mass is 10.1. The number of anilines is 1. The number of carbonyl (C=O) groups excluding carboxylic acids is 1. The standard InChI is InChI=1S/C26H30N2O5S/c1-5-28(6-2)34(30,31)21-14-15-25(32-4)23(17-21)27-26(29)22-12-7-8-13-24(22)33-18-20-11-9-10-19(3)16-20/h7-17H,5-6,18H2,1-4H3,(H,27,29). The summed E-state index contributed by atoms with van der Waals surface area (Å²) >= 11 is 0. The Kier molecular flexibility index (Phi) is 8.31. The predicted octanol–water partition coefficient (Wildman–Crippen LogP) is 4.87. The first-order chi connectivity index (χ1) is 16.3. The van der Waals surface area contributed by atoms with Gasteiger partial charge in [-0.25, -0.2) is 8.42 Å². The van der Waals surface area contributed by atoms with E-state index in [0.717, 1.165) is 11.1 Å². The highest BCUT2D eigenvalue weighted by atomic mass is 32.2. The van der Waals surface area contributed by atoms with Crippen LogP contribution in [0.25, 0.3) is 0 Å². The molecule has 0 bridgehead atoms. The van der Waals surface area contributed by atoms with Crippen LogP contribution < -0.4 is 14.8 Å². The number of amides is 1. The van der Waals surface area contributed by atoms with Crippen LogP contribution in [-0.4, -0.2) is 38.8 Å². The summed E-state index contributed by atoms with van der Waals surface area (Å²) in [5.41, 5.74) is 2.70. The van der Waals surface area contributed by atoms with Gasteiger partial charge in [-0.1, -0.05) is 55.8 Å². The molecule has 34 heavy (non-hydrogen) atoms. The summed E-state index contributed by atoms with van der Waals surface area (Å²) in [5, 5.41) is 2.79. The van der Waals surface area contributed by atoms with E-state index in [1.807, 2.05) is 31.2 Å². The zero-order chi connectivity index (χ0) is 24.7. The molecular formula is C26H30N2O5S. The van der Waals surface area contributed by atoms with Crippen LogP contribution in [0.1, 0.15) is 35.3 Å². The van der Waals surface area contributed by atoms with Gasteiger partial charge in [-0.05, 0) is 42.8 Å². The highest BCUT2D eigenvalue weighted by Gasteiger charge is 2.24. The fourth-order valence-corrected chi connectivity index (χ4v) is 5.08. The van der Waals surface area contributed by atoms with Gasteiger partial charge in [0, 0.05) is 13.1 Å². The lowest BCUT2D eigenvalue weighted by molar-refractivity contribution is 0.102. The van der Waals surface area contributed by atoms with Crippen molar-refractivity contribution in [3.63, 3.8) is 0 Å². The molecule has 1 amide bonds. The number of nitrogens with one attached hydrogen (secondary N) is 1.